The monoisotopic (exact) mass is 370 g/mol. The molecule has 0 amide bonds. The molecule has 5 heteroatoms. The highest BCUT2D eigenvalue weighted by Gasteiger charge is 2.39. The molecule has 2 heterocycles. The first-order chi connectivity index (χ1) is 9.69. The number of hydrogen-bond donors (Lipinski definition) is 0. The number of nitrogens with zero attached hydrogens (tertiary/aromatic N) is 2. The molecule has 0 aromatic carbocycles. The van der Waals surface area contributed by atoms with E-state index >= 15 is 0 Å². The fourth-order valence-corrected chi connectivity index (χ4v) is 4.17. The summed E-state index contributed by atoms with van der Waals surface area (Å²) < 4.78 is 7.62. The van der Waals surface area contributed by atoms with Gasteiger partial charge >= 0.3 is 0 Å². The van der Waals surface area contributed by atoms with Gasteiger partial charge in [-0.15, -0.1) is 0 Å². The summed E-state index contributed by atoms with van der Waals surface area (Å²) in [7, 11) is -1.69. The van der Waals surface area contributed by atoms with Crippen LogP contribution < -0.4 is 4.90 Å². The highest BCUT2D eigenvalue weighted by atomic mass is 79.9. The molecule has 0 radical (unpaired) electrons. The molecule has 3 nitrogen and oxygen atoms in total. The fourth-order valence-electron chi connectivity index (χ4n) is 2.44. The maximum absolute atomic E-state index is 6.59. The van der Waals surface area contributed by atoms with Gasteiger partial charge in [-0.05, 0) is 53.0 Å². The third-order valence-electron chi connectivity index (χ3n) is 4.70. The summed E-state index contributed by atoms with van der Waals surface area (Å²) in [5, 5.41) is 0.270. The number of anilines is 1. The Morgan fingerprint density at radius 3 is 2.67 bits per heavy atom. The van der Waals surface area contributed by atoms with Crippen LogP contribution in [0, 0.1) is 0 Å². The van der Waals surface area contributed by atoms with E-state index in [2.05, 4.69) is 65.7 Å². The molecule has 1 saturated heterocycles. The lowest BCUT2D eigenvalue weighted by molar-refractivity contribution is 0.160. The topological polar surface area (TPSA) is 25.4 Å². The normalized spacial score (nSPS) is 20.7. The van der Waals surface area contributed by atoms with Gasteiger partial charge in [-0.3, -0.25) is 4.98 Å². The van der Waals surface area contributed by atoms with Crippen molar-refractivity contribution < 1.29 is 4.43 Å². The fraction of sp³-hybridized carbons (Fsp3) is 0.688. The smallest absolute Gasteiger partial charge is 0.192 e. The third kappa shape index (κ3) is 4.30. The molecular formula is C16H27BrN2OSi. The second-order valence-electron chi connectivity index (χ2n) is 7.45. The minimum atomic E-state index is -1.69. The molecule has 0 aliphatic carbocycles. The van der Waals surface area contributed by atoms with Crippen LogP contribution in [0.4, 0.5) is 5.69 Å². The molecule has 118 valence electrons. The lowest BCUT2D eigenvalue weighted by atomic mass is 10.1. The summed E-state index contributed by atoms with van der Waals surface area (Å²) in [6, 6.07) is 2.14. The third-order valence-corrected chi connectivity index (χ3v) is 9.67. The molecule has 1 aromatic rings. The predicted molar refractivity (Wildman–Crippen MR) is 95.5 cm³/mol. The van der Waals surface area contributed by atoms with Crippen molar-refractivity contribution in [2.45, 2.75) is 57.8 Å². The summed E-state index contributed by atoms with van der Waals surface area (Å²) in [6.07, 6.45) is 6.48. The number of halogens is 1. The second-order valence-corrected chi connectivity index (χ2v) is 13.1. The molecule has 21 heavy (non-hydrogen) atoms. The molecule has 1 aliphatic rings. The van der Waals surface area contributed by atoms with E-state index in [-0.39, 0.29) is 5.04 Å². The number of hydrogen-bond acceptors (Lipinski definition) is 3. The van der Waals surface area contributed by atoms with Crippen LogP contribution in [0.5, 0.6) is 0 Å². The van der Waals surface area contributed by atoms with Crippen LogP contribution in [0.2, 0.25) is 18.1 Å². The Morgan fingerprint density at radius 1 is 1.33 bits per heavy atom. The number of pyridine rings is 1. The molecule has 0 spiro atoms. The lowest BCUT2D eigenvalue weighted by Gasteiger charge is -2.42. The van der Waals surface area contributed by atoms with Gasteiger partial charge in [-0.1, -0.05) is 20.8 Å². The number of piperidine rings is 1. The van der Waals surface area contributed by atoms with Gasteiger partial charge in [-0.25, -0.2) is 0 Å². The van der Waals surface area contributed by atoms with Crippen molar-refractivity contribution in [3.05, 3.63) is 22.9 Å². The van der Waals surface area contributed by atoms with E-state index in [9.17, 15) is 0 Å². The van der Waals surface area contributed by atoms with Gasteiger partial charge in [0, 0.05) is 23.8 Å². The average Bonchev–Trinajstić information content (AvgIpc) is 2.37. The van der Waals surface area contributed by atoms with E-state index in [0.717, 1.165) is 17.6 Å². The summed E-state index contributed by atoms with van der Waals surface area (Å²) in [4.78, 5) is 6.68. The van der Waals surface area contributed by atoms with Crippen molar-refractivity contribution >= 4 is 29.9 Å². The maximum Gasteiger partial charge on any atom is 0.192 e. The minimum absolute atomic E-state index is 0.270. The molecule has 0 unspecified atom stereocenters. The summed E-state index contributed by atoms with van der Waals surface area (Å²) in [6.45, 7) is 13.7. The van der Waals surface area contributed by atoms with E-state index in [1.165, 1.54) is 18.5 Å². The average molecular weight is 371 g/mol. The maximum atomic E-state index is 6.59. The Labute approximate surface area is 138 Å². The lowest BCUT2D eigenvalue weighted by Crippen LogP contribution is -2.49. The van der Waals surface area contributed by atoms with Gasteiger partial charge in [0.05, 0.1) is 18.0 Å². The standard InChI is InChI=1S/C16H27BrN2OSi/c1-16(2,3)21(4,5)20-15-7-6-8-19(12-15)14-9-13(17)10-18-11-14/h9-11,15H,6-8,12H2,1-5H3/t15-/m0/s1. The van der Waals surface area contributed by atoms with E-state index < -0.39 is 8.32 Å². The highest BCUT2D eigenvalue weighted by Crippen LogP contribution is 2.38. The molecule has 1 aromatic heterocycles. The molecular weight excluding hydrogens is 344 g/mol. The Morgan fingerprint density at radius 2 is 2.05 bits per heavy atom. The zero-order chi connectivity index (χ0) is 15.7. The van der Waals surface area contributed by atoms with Crippen molar-refractivity contribution in [3.8, 4) is 0 Å². The molecule has 1 atom stereocenters. The Kier molecular flexibility index (Phi) is 5.16. The van der Waals surface area contributed by atoms with Crippen LogP contribution in [0.15, 0.2) is 22.9 Å². The Bertz CT molecular complexity index is 487. The first kappa shape index (κ1) is 17.0. The van der Waals surface area contributed by atoms with Crippen LogP contribution in [0.3, 0.4) is 0 Å². The Balaban J connectivity index is 2.05. The van der Waals surface area contributed by atoms with Crippen LogP contribution in [0.1, 0.15) is 33.6 Å². The van der Waals surface area contributed by atoms with Crippen molar-refractivity contribution in [2.24, 2.45) is 0 Å². The quantitative estimate of drug-likeness (QED) is 0.712. The van der Waals surface area contributed by atoms with Gasteiger partial charge in [-0.2, -0.15) is 0 Å². The van der Waals surface area contributed by atoms with Crippen LogP contribution in [-0.2, 0) is 4.43 Å². The second kappa shape index (κ2) is 6.38. The van der Waals surface area contributed by atoms with Gasteiger partial charge in [0.1, 0.15) is 0 Å². The Hall–Kier alpha value is -0.393. The van der Waals surface area contributed by atoms with Crippen LogP contribution in [-0.4, -0.2) is 32.5 Å². The zero-order valence-electron chi connectivity index (χ0n) is 13.8. The minimum Gasteiger partial charge on any atom is -0.412 e. The van der Waals surface area contributed by atoms with Crippen molar-refractivity contribution in [1.29, 1.82) is 0 Å². The first-order valence-corrected chi connectivity index (χ1v) is 11.4. The van der Waals surface area contributed by atoms with Crippen molar-refractivity contribution in [1.82, 2.24) is 4.98 Å². The molecule has 0 bridgehead atoms. The predicted octanol–water partition coefficient (Wildman–Crippen LogP) is 4.83. The number of rotatable bonds is 3. The van der Waals surface area contributed by atoms with Gasteiger partial charge in [0.15, 0.2) is 8.32 Å². The number of aromatic nitrogens is 1. The van der Waals surface area contributed by atoms with Gasteiger partial charge < -0.3 is 9.33 Å². The molecule has 0 N–H and O–H groups in total. The molecule has 1 fully saturated rings. The van der Waals surface area contributed by atoms with E-state index in [1.54, 1.807) is 0 Å². The first-order valence-electron chi connectivity index (χ1n) is 7.72. The van der Waals surface area contributed by atoms with Crippen LogP contribution in [0.25, 0.3) is 0 Å². The van der Waals surface area contributed by atoms with E-state index in [1.807, 2.05) is 12.4 Å². The zero-order valence-corrected chi connectivity index (χ0v) is 16.4. The molecule has 2 rings (SSSR count). The SMILES string of the molecule is CC(C)(C)[Si](C)(C)O[C@H]1CCCN(c2cncc(Br)c2)C1. The largest absolute Gasteiger partial charge is 0.412 e. The molecule has 1 aliphatic heterocycles. The highest BCUT2D eigenvalue weighted by molar-refractivity contribution is 9.10. The van der Waals surface area contributed by atoms with Gasteiger partial charge in [0.25, 0.3) is 0 Å². The van der Waals surface area contributed by atoms with Crippen LogP contribution >= 0.6 is 15.9 Å². The van der Waals surface area contributed by atoms with Gasteiger partial charge in [0.2, 0.25) is 0 Å². The summed E-state index contributed by atoms with van der Waals surface area (Å²) in [5.41, 5.74) is 1.19. The van der Waals surface area contributed by atoms with Crippen molar-refractivity contribution in [2.75, 3.05) is 18.0 Å². The van der Waals surface area contributed by atoms with Crippen molar-refractivity contribution in [3.63, 3.8) is 0 Å². The summed E-state index contributed by atoms with van der Waals surface area (Å²) in [5.74, 6) is 0. The summed E-state index contributed by atoms with van der Waals surface area (Å²) >= 11 is 3.51. The van der Waals surface area contributed by atoms with E-state index in [0.29, 0.717) is 6.10 Å². The molecule has 0 saturated carbocycles. The van der Waals surface area contributed by atoms with E-state index in [4.69, 9.17) is 4.43 Å².